The molecule has 8 heteroatoms. The van der Waals surface area contributed by atoms with Crippen molar-refractivity contribution in [3.05, 3.63) is 24.0 Å². The molecule has 1 aliphatic heterocycles. The number of hydrogen-bond acceptors (Lipinski definition) is 5. The monoisotopic (exact) mass is 307 g/mol. The molecule has 0 saturated carbocycles. The van der Waals surface area contributed by atoms with E-state index < -0.39 is 25.5 Å². The van der Waals surface area contributed by atoms with Gasteiger partial charge in [0.15, 0.2) is 19.7 Å². The van der Waals surface area contributed by atoms with Gasteiger partial charge in [-0.1, -0.05) is 0 Å². The van der Waals surface area contributed by atoms with Gasteiger partial charge < -0.3 is 5.32 Å². The second kappa shape index (κ2) is 4.75. The summed E-state index contributed by atoms with van der Waals surface area (Å²) >= 11 is 0. The van der Waals surface area contributed by atoms with E-state index in [0.717, 1.165) is 12.3 Å². The smallest absolute Gasteiger partial charge is 0.175 e. The number of halogens is 1. The molecule has 1 aliphatic rings. The van der Waals surface area contributed by atoms with E-state index in [0.29, 0.717) is 6.42 Å². The SMILES string of the molecule is CS(=O)(=O)c1ccc(F)c(NC2CCS(=O)(=O)C2)c1. The van der Waals surface area contributed by atoms with Crippen molar-refractivity contribution in [1.29, 1.82) is 0 Å². The summed E-state index contributed by atoms with van der Waals surface area (Å²) < 4.78 is 59.0. The first-order valence-corrected chi connectivity index (χ1v) is 9.35. The van der Waals surface area contributed by atoms with Gasteiger partial charge in [0.2, 0.25) is 0 Å². The Kier molecular flexibility index (Phi) is 3.57. The molecule has 1 N–H and O–H groups in total. The van der Waals surface area contributed by atoms with Crippen LogP contribution >= 0.6 is 0 Å². The predicted molar refractivity (Wildman–Crippen MR) is 70.2 cm³/mol. The Hall–Kier alpha value is -1.15. The van der Waals surface area contributed by atoms with Gasteiger partial charge in [0.05, 0.1) is 22.1 Å². The van der Waals surface area contributed by atoms with Crippen molar-refractivity contribution in [2.45, 2.75) is 17.4 Å². The maximum Gasteiger partial charge on any atom is 0.175 e. The lowest BCUT2D eigenvalue weighted by Gasteiger charge is -2.14. The Labute approximate surface area is 111 Å². The molecule has 1 aromatic carbocycles. The van der Waals surface area contributed by atoms with Crippen molar-refractivity contribution in [2.75, 3.05) is 23.1 Å². The molecule has 0 amide bonds. The number of nitrogens with one attached hydrogen (secondary N) is 1. The lowest BCUT2D eigenvalue weighted by Crippen LogP contribution is -2.21. The van der Waals surface area contributed by atoms with Gasteiger partial charge in [-0.2, -0.15) is 0 Å². The number of hydrogen-bond donors (Lipinski definition) is 1. The van der Waals surface area contributed by atoms with Gasteiger partial charge in [-0.05, 0) is 24.6 Å². The largest absolute Gasteiger partial charge is 0.379 e. The highest BCUT2D eigenvalue weighted by Gasteiger charge is 2.28. The van der Waals surface area contributed by atoms with Crippen molar-refractivity contribution in [3.63, 3.8) is 0 Å². The zero-order chi connectivity index (χ0) is 14.3. The summed E-state index contributed by atoms with van der Waals surface area (Å²) in [6.07, 6.45) is 1.43. The Morgan fingerprint density at radius 2 is 2.05 bits per heavy atom. The van der Waals surface area contributed by atoms with E-state index in [2.05, 4.69) is 5.32 Å². The highest BCUT2D eigenvalue weighted by molar-refractivity contribution is 7.91. The number of benzene rings is 1. The minimum Gasteiger partial charge on any atom is -0.379 e. The van der Waals surface area contributed by atoms with E-state index in [-0.39, 0.29) is 28.1 Å². The highest BCUT2D eigenvalue weighted by Crippen LogP contribution is 2.23. The minimum absolute atomic E-state index is 0.00254. The molecule has 1 fully saturated rings. The van der Waals surface area contributed by atoms with Crippen LogP contribution < -0.4 is 5.32 Å². The molecule has 0 spiro atoms. The fourth-order valence-corrected chi connectivity index (χ4v) is 4.29. The van der Waals surface area contributed by atoms with Gasteiger partial charge in [0.1, 0.15) is 5.82 Å². The Morgan fingerprint density at radius 1 is 1.37 bits per heavy atom. The van der Waals surface area contributed by atoms with E-state index in [1.54, 1.807) is 0 Å². The molecule has 1 unspecified atom stereocenters. The van der Waals surface area contributed by atoms with Crippen LogP contribution in [0.15, 0.2) is 23.1 Å². The molecular weight excluding hydrogens is 293 g/mol. The van der Waals surface area contributed by atoms with Gasteiger partial charge in [-0.15, -0.1) is 0 Å². The van der Waals surface area contributed by atoms with Gasteiger partial charge in [-0.3, -0.25) is 0 Å². The van der Waals surface area contributed by atoms with Crippen LogP contribution in [0, 0.1) is 5.82 Å². The fourth-order valence-electron chi connectivity index (χ4n) is 1.97. The third-order valence-corrected chi connectivity index (χ3v) is 5.84. The Bertz CT molecular complexity index is 697. The summed E-state index contributed by atoms with van der Waals surface area (Å²) in [7, 11) is -6.49. The van der Waals surface area contributed by atoms with Crippen LogP contribution in [0.4, 0.5) is 10.1 Å². The van der Waals surface area contributed by atoms with Crippen LogP contribution in [0.1, 0.15) is 6.42 Å². The third-order valence-electron chi connectivity index (χ3n) is 2.96. The second-order valence-electron chi connectivity index (χ2n) is 4.66. The standard InChI is InChI=1S/C11H14FNO4S2/c1-18(14,15)9-2-3-10(12)11(6-9)13-8-4-5-19(16,17)7-8/h2-3,6,8,13H,4-5,7H2,1H3. The molecule has 0 bridgehead atoms. The molecule has 19 heavy (non-hydrogen) atoms. The zero-order valence-electron chi connectivity index (χ0n) is 10.3. The molecule has 1 aromatic rings. The van der Waals surface area contributed by atoms with Crippen LogP contribution in [-0.2, 0) is 19.7 Å². The molecule has 0 radical (unpaired) electrons. The molecule has 0 aromatic heterocycles. The van der Waals surface area contributed by atoms with Crippen molar-refractivity contribution in [3.8, 4) is 0 Å². The fraction of sp³-hybridized carbons (Fsp3) is 0.455. The highest BCUT2D eigenvalue weighted by atomic mass is 32.2. The summed E-state index contributed by atoms with van der Waals surface area (Å²) in [5.74, 6) is -0.593. The van der Waals surface area contributed by atoms with Crippen molar-refractivity contribution in [2.24, 2.45) is 0 Å². The average Bonchev–Trinajstić information content (AvgIpc) is 2.60. The van der Waals surface area contributed by atoms with Crippen molar-refractivity contribution >= 4 is 25.4 Å². The van der Waals surface area contributed by atoms with E-state index >= 15 is 0 Å². The van der Waals surface area contributed by atoms with Crippen LogP contribution in [0.2, 0.25) is 0 Å². The normalized spacial score (nSPS) is 22.3. The number of anilines is 1. The van der Waals surface area contributed by atoms with Crippen molar-refractivity contribution < 1.29 is 21.2 Å². The zero-order valence-corrected chi connectivity index (χ0v) is 11.9. The van der Waals surface area contributed by atoms with Crippen LogP contribution in [0.5, 0.6) is 0 Å². The molecule has 1 heterocycles. The van der Waals surface area contributed by atoms with E-state index in [9.17, 15) is 21.2 Å². The Morgan fingerprint density at radius 3 is 2.58 bits per heavy atom. The first-order chi connectivity index (χ1) is 8.67. The molecule has 1 atom stereocenters. The van der Waals surface area contributed by atoms with Crippen molar-refractivity contribution in [1.82, 2.24) is 0 Å². The summed E-state index contributed by atoms with van der Waals surface area (Å²) in [6, 6.07) is 3.05. The molecule has 0 aliphatic carbocycles. The summed E-state index contributed by atoms with van der Waals surface area (Å²) in [6.45, 7) is 0. The Balaban J connectivity index is 2.26. The average molecular weight is 307 g/mol. The van der Waals surface area contributed by atoms with Gasteiger partial charge >= 0.3 is 0 Å². The van der Waals surface area contributed by atoms with Gasteiger partial charge in [-0.25, -0.2) is 21.2 Å². The van der Waals surface area contributed by atoms with E-state index in [1.807, 2.05) is 0 Å². The predicted octanol–water partition coefficient (Wildman–Crippen LogP) is 0.828. The molecule has 2 rings (SSSR count). The van der Waals surface area contributed by atoms with Crippen LogP contribution in [0.3, 0.4) is 0 Å². The first-order valence-electron chi connectivity index (χ1n) is 5.64. The quantitative estimate of drug-likeness (QED) is 0.837. The molecule has 5 nitrogen and oxygen atoms in total. The molecule has 1 saturated heterocycles. The number of sulfone groups is 2. The third kappa shape index (κ3) is 3.44. The maximum absolute atomic E-state index is 13.6. The van der Waals surface area contributed by atoms with Gasteiger partial charge in [0, 0.05) is 12.3 Å². The second-order valence-corrected chi connectivity index (χ2v) is 8.90. The lowest BCUT2D eigenvalue weighted by molar-refractivity contribution is 0.598. The summed E-state index contributed by atoms with van der Waals surface area (Å²) in [5, 5.41) is 2.76. The van der Waals surface area contributed by atoms with E-state index in [4.69, 9.17) is 0 Å². The summed E-state index contributed by atoms with van der Waals surface area (Å²) in [4.78, 5) is -0.00254. The molecule has 106 valence electrons. The number of rotatable bonds is 3. The first kappa shape index (κ1) is 14.3. The van der Waals surface area contributed by atoms with Crippen LogP contribution in [-0.4, -0.2) is 40.6 Å². The van der Waals surface area contributed by atoms with Gasteiger partial charge in [0.25, 0.3) is 0 Å². The maximum atomic E-state index is 13.6. The molecular formula is C11H14FNO4S2. The van der Waals surface area contributed by atoms with Crippen LogP contribution in [0.25, 0.3) is 0 Å². The van der Waals surface area contributed by atoms with E-state index in [1.165, 1.54) is 12.1 Å². The topological polar surface area (TPSA) is 80.3 Å². The minimum atomic E-state index is -3.42. The summed E-state index contributed by atoms with van der Waals surface area (Å²) in [5.41, 5.74) is 0.0185. The lowest BCUT2D eigenvalue weighted by atomic mass is 10.2.